The van der Waals surface area contributed by atoms with Gasteiger partial charge in [-0.05, 0) is 18.1 Å². The Balaban J connectivity index is 2.32. The molecule has 0 atom stereocenters. The third-order valence-corrected chi connectivity index (χ3v) is 3.13. The minimum atomic E-state index is -2.96. The molecule has 0 unspecified atom stereocenters. The average molecular weight is 241 g/mol. The second kappa shape index (κ2) is 5.75. The number of Topliss-reactive ketones (excluding diaryl/α,β-unsaturated/α-hetero) is 1. The molecule has 0 saturated heterocycles. The fraction of sp³-hybridized carbons (Fsp3) is 0.455. The molecule has 0 aliphatic rings. The summed E-state index contributed by atoms with van der Waals surface area (Å²) in [5.74, 6) is 0.128. The molecule has 0 bridgehead atoms. The molecule has 4 nitrogen and oxygen atoms in total. The lowest BCUT2D eigenvalue weighted by Gasteiger charge is -2.00. The Hall–Kier alpha value is -1.23. The Morgan fingerprint density at radius 2 is 2.19 bits per heavy atom. The highest BCUT2D eigenvalue weighted by atomic mass is 32.2. The van der Waals surface area contributed by atoms with Crippen molar-refractivity contribution in [3.05, 3.63) is 30.1 Å². The minimum Gasteiger partial charge on any atom is -0.299 e. The molecule has 1 aromatic rings. The molecule has 0 amide bonds. The van der Waals surface area contributed by atoms with Crippen molar-refractivity contribution in [3.8, 4) is 0 Å². The quantitative estimate of drug-likeness (QED) is 0.746. The molecule has 1 heterocycles. The van der Waals surface area contributed by atoms with Gasteiger partial charge in [-0.15, -0.1) is 0 Å². The normalized spacial score (nSPS) is 11.3. The fourth-order valence-corrected chi connectivity index (χ4v) is 2.02. The van der Waals surface area contributed by atoms with Gasteiger partial charge in [-0.3, -0.25) is 9.78 Å². The van der Waals surface area contributed by atoms with Gasteiger partial charge in [0.25, 0.3) is 0 Å². The molecule has 16 heavy (non-hydrogen) atoms. The van der Waals surface area contributed by atoms with Crippen LogP contribution in [0.1, 0.15) is 18.4 Å². The highest BCUT2D eigenvalue weighted by molar-refractivity contribution is 7.90. The second-order valence-electron chi connectivity index (χ2n) is 3.81. The molecule has 1 rings (SSSR count). The first-order valence-corrected chi connectivity index (χ1v) is 7.12. The van der Waals surface area contributed by atoms with Gasteiger partial charge in [-0.1, -0.05) is 6.07 Å². The number of ketones is 1. The van der Waals surface area contributed by atoms with E-state index in [2.05, 4.69) is 4.98 Å². The molecule has 0 spiro atoms. The van der Waals surface area contributed by atoms with Crippen LogP contribution in [0.4, 0.5) is 0 Å². The van der Waals surface area contributed by atoms with Crippen molar-refractivity contribution in [3.63, 3.8) is 0 Å². The average Bonchev–Trinajstić information content (AvgIpc) is 2.17. The maximum absolute atomic E-state index is 11.5. The van der Waals surface area contributed by atoms with Crippen molar-refractivity contribution < 1.29 is 13.2 Å². The predicted molar refractivity (Wildman–Crippen MR) is 61.9 cm³/mol. The van der Waals surface area contributed by atoms with Gasteiger partial charge in [-0.2, -0.15) is 0 Å². The van der Waals surface area contributed by atoms with E-state index in [0.29, 0.717) is 19.3 Å². The maximum Gasteiger partial charge on any atom is 0.147 e. The number of rotatable bonds is 6. The van der Waals surface area contributed by atoms with Gasteiger partial charge in [0.2, 0.25) is 0 Å². The first-order valence-electron chi connectivity index (χ1n) is 5.06. The summed E-state index contributed by atoms with van der Waals surface area (Å²) < 4.78 is 21.7. The number of sulfone groups is 1. The lowest BCUT2D eigenvalue weighted by molar-refractivity contribution is -0.118. The van der Waals surface area contributed by atoms with E-state index >= 15 is 0 Å². The molecule has 0 saturated carbocycles. The smallest absolute Gasteiger partial charge is 0.147 e. The van der Waals surface area contributed by atoms with Crippen LogP contribution in [0.15, 0.2) is 24.5 Å². The van der Waals surface area contributed by atoms with Crippen molar-refractivity contribution in [1.82, 2.24) is 4.98 Å². The molecular weight excluding hydrogens is 226 g/mol. The Morgan fingerprint density at radius 3 is 2.75 bits per heavy atom. The van der Waals surface area contributed by atoms with E-state index in [0.717, 1.165) is 5.56 Å². The third-order valence-electron chi connectivity index (χ3n) is 2.09. The van der Waals surface area contributed by atoms with Crippen molar-refractivity contribution in [2.75, 3.05) is 12.0 Å². The van der Waals surface area contributed by atoms with E-state index in [1.807, 2.05) is 6.07 Å². The highest BCUT2D eigenvalue weighted by Gasteiger charge is 2.07. The van der Waals surface area contributed by atoms with E-state index in [1.165, 1.54) is 6.26 Å². The molecule has 88 valence electrons. The number of pyridine rings is 1. The first-order chi connectivity index (χ1) is 7.47. The number of carbonyl (C=O) groups is 1. The van der Waals surface area contributed by atoms with Gasteiger partial charge >= 0.3 is 0 Å². The van der Waals surface area contributed by atoms with Crippen LogP contribution in [-0.2, 0) is 21.1 Å². The Morgan fingerprint density at radius 1 is 1.44 bits per heavy atom. The van der Waals surface area contributed by atoms with E-state index in [1.54, 1.807) is 18.5 Å². The zero-order valence-electron chi connectivity index (χ0n) is 9.22. The number of hydrogen-bond donors (Lipinski definition) is 0. The van der Waals surface area contributed by atoms with Crippen LogP contribution < -0.4 is 0 Å². The second-order valence-corrected chi connectivity index (χ2v) is 6.07. The van der Waals surface area contributed by atoms with Gasteiger partial charge < -0.3 is 0 Å². The molecule has 0 radical (unpaired) electrons. The summed E-state index contributed by atoms with van der Waals surface area (Å²) in [4.78, 5) is 15.4. The predicted octanol–water partition coefficient (Wildman–Crippen LogP) is 1.02. The van der Waals surface area contributed by atoms with E-state index in [9.17, 15) is 13.2 Å². The van der Waals surface area contributed by atoms with E-state index in [-0.39, 0.29) is 11.5 Å². The highest BCUT2D eigenvalue weighted by Crippen LogP contribution is 2.02. The Labute approximate surface area is 95.6 Å². The van der Waals surface area contributed by atoms with Gasteiger partial charge in [0, 0.05) is 31.5 Å². The Bertz CT molecular complexity index is 440. The number of nitrogens with zero attached hydrogens (tertiary/aromatic N) is 1. The van der Waals surface area contributed by atoms with Crippen LogP contribution in [-0.4, -0.2) is 31.2 Å². The SMILES string of the molecule is CS(=O)(=O)CCCC(=O)Cc1cccnc1. The van der Waals surface area contributed by atoms with Gasteiger partial charge in [0.05, 0.1) is 5.75 Å². The largest absolute Gasteiger partial charge is 0.299 e. The maximum atomic E-state index is 11.5. The third kappa shape index (κ3) is 5.60. The van der Waals surface area contributed by atoms with Crippen LogP contribution in [0, 0.1) is 0 Å². The van der Waals surface area contributed by atoms with Crippen LogP contribution in [0.25, 0.3) is 0 Å². The zero-order valence-corrected chi connectivity index (χ0v) is 10.0. The van der Waals surface area contributed by atoms with Crippen LogP contribution >= 0.6 is 0 Å². The summed E-state index contributed by atoms with van der Waals surface area (Å²) in [6.45, 7) is 0. The first kappa shape index (κ1) is 12.8. The molecule has 0 aromatic carbocycles. The monoisotopic (exact) mass is 241 g/mol. The molecular formula is C11H15NO3S. The topological polar surface area (TPSA) is 64.1 Å². The molecule has 0 aliphatic heterocycles. The van der Waals surface area contributed by atoms with Crippen molar-refractivity contribution in [2.24, 2.45) is 0 Å². The van der Waals surface area contributed by atoms with Crippen molar-refractivity contribution >= 4 is 15.6 Å². The van der Waals surface area contributed by atoms with Crippen LogP contribution in [0.2, 0.25) is 0 Å². The van der Waals surface area contributed by atoms with Crippen molar-refractivity contribution in [2.45, 2.75) is 19.3 Å². The summed E-state index contributed by atoms with van der Waals surface area (Å²) in [5, 5.41) is 0. The standard InChI is InChI=1S/C11H15NO3S/c1-16(14,15)7-3-5-11(13)8-10-4-2-6-12-9-10/h2,4,6,9H,3,5,7-8H2,1H3. The van der Waals surface area contributed by atoms with Gasteiger partial charge in [-0.25, -0.2) is 8.42 Å². The minimum absolute atomic E-state index is 0.0525. The number of aromatic nitrogens is 1. The zero-order chi connectivity index (χ0) is 12.0. The molecule has 1 aromatic heterocycles. The van der Waals surface area contributed by atoms with Gasteiger partial charge in [0.1, 0.15) is 15.6 Å². The molecule has 0 N–H and O–H groups in total. The van der Waals surface area contributed by atoms with E-state index in [4.69, 9.17) is 0 Å². The Kier molecular flexibility index (Phi) is 4.61. The lowest BCUT2D eigenvalue weighted by Crippen LogP contribution is -2.08. The lowest BCUT2D eigenvalue weighted by atomic mass is 10.1. The summed E-state index contributed by atoms with van der Waals surface area (Å²) >= 11 is 0. The summed E-state index contributed by atoms with van der Waals surface area (Å²) in [5.41, 5.74) is 0.867. The number of carbonyl (C=O) groups excluding carboxylic acids is 1. The summed E-state index contributed by atoms with van der Waals surface area (Å²) in [6.07, 6.45) is 5.52. The molecule has 0 fully saturated rings. The van der Waals surface area contributed by atoms with Crippen LogP contribution in [0.5, 0.6) is 0 Å². The molecule has 0 aliphatic carbocycles. The molecule has 5 heteroatoms. The summed E-state index contributed by atoms with van der Waals surface area (Å²) in [7, 11) is -2.96. The van der Waals surface area contributed by atoms with Crippen molar-refractivity contribution in [1.29, 1.82) is 0 Å². The van der Waals surface area contributed by atoms with Gasteiger partial charge in [0.15, 0.2) is 0 Å². The van der Waals surface area contributed by atoms with E-state index < -0.39 is 9.84 Å². The fourth-order valence-electron chi connectivity index (χ4n) is 1.35. The number of hydrogen-bond acceptors (Lipinski definition) is 4. The van der Waals surface area contributed by atoms with Crippen LogP contribution in [0.3, 0.4) is 0 Å². The summed E-state index contributed by atoms with van der Waals surface area (Å²) in [6, 6.07) is 3.61.